The molecule has 0 bridgehead atoms. The molecule has 1 saturated heterocycles. The van der Waals surface area contributed by atoms with Crippen LogP contribution in [0.4, 0.5) is 0 Å². The van der Waals surface area contributed by atoms with Crippen molar-refractivity contribution in [1.29, 1.82) is 0 Å². The van der Waals surface area contributed by atoms with Crippen molar-refractivity contribution in [3.05, 3.63) is 36.9 Å². The van der Waals surface area contributed by atoms with E-state index in [1.165, 1.54) is 0 Å². The van der Waals surface area contributed by atoms with E-state index < -0.39 is 0 Å². The van der Waals surface area contributed by atoms with Gasteiger partial charge in [0.25, 0.3) is 0 Å². The van der Waals surface area contributed by atoms with Crippen LogP contribution in [0, 0.1) is 0 Å². The van der Waals surface area contributed by atoms with Crippen LogP contribution in [0.5, 0.6) is 0 Å². The third-order valence-electron chi connectivity index (χ3n) is 3.26. The van der Waals surface area contributed by atoms with Crippen LogP contribution in [0.25, 0.3) is 0 Å². The molecule has 18 heavy (non-hydrogen) atoms. The fourth-order valence-corrected chi connectivity index (χ4v) is 2.30. The topological polar surface area (TPSA) is 56.0 Å². The number of carbonyl (C=O) groups excluding carboxylic acids is 1. The Balaban J connectivity index is 1.60. The molecule has 6 nitrogen and oxygen atoms in total. The van der Waals surface area contributed by atoms with Crippen molar-refractivity contribution in [1.82, 2.24) is 24.5 Å². The van der Waals surface area contributed by atoms with E-state index in [4.69, 9.17) is 0 Å². The minimum atomic E-state index is 0.154. The van der Waals surface area contributed by atoms with Gasteiger partial charge in [0.1, 0.15) is 6.54 Å². The maximum absolute atomic E-state index is 12.1. The molecular formula is C12H15N5O. The number of hydrogen-bond acceptors (Lipinski definition) is 3. The predicted octanol–water partition coefficient (Wildman–Crippen LogP) is 0.553. The fourth-order valence-electron chi connectivity index (χ4n) is 2.30. The minimum Gasteiger partial charge on any atom is -0.345 e. The number of hydrogen-bond donors (Lipinski definition) is 0. The summed E-state index contributed by atoms with van der Waals surface area (Å²) in [6.45, 7) is 1.90. The molecule has 3 rings (SSSR count). The molecule has 1 atom stereocenters. The largest absolute Gasteiger partial charge is 0.345 e. The molecule has 1 fully saturated rings. The van der Waals surface area contributed by atoms with Gasteiger partial charge >= 0.3 is 0 Å². The van der Waals surface area contributed by atoms with Gasteiger partial charge in [0, 0.05) is 25.5 Å². The summed E-state index contributed by atoms with van der Waals surface area (Å²) in [5, 5.41) is 8.26. The molecule has 1 aliphatic heterocycles. The second-order valence-electron chi connectivity index (χ2n) is 4.49. The highest BCUT2D eigenvalue weighted by atomic mass is 16.2. The molecule has 3 heterocycles. The lowest BCUT2D eigenvalue weighted by Crippen LogP contribution is -2.32. The molecule has 0 N–H and O–H groups in total. The number of nitrogens with zero attached hydrogens (tertiary/aromatic N) is 5. The molecule has 2 aromatic heterocycles. The molecule has 2 aromatic rings. The van der Waals surface area contributed by atoms with Crippen molar-refractivity contribution in [3.8, 4) is 0 Å². The Morgan fingerprint density at radius 1 is 1.22 bits per heavy atom. The molecule has 0 radical (unpaired) electrons. The van der Waals surface area contributed by atoms with Crippen LogP contribution < -0.4 is 0 Å². The van der Waals surface area contributed by atoms with Crippen LogP contribution in [0.2, 0.25) is 0 Å². The first-order valence-corrected chi connectivity index (χ1v) is 6.07. The highest BCUT2D eigenvalue weighted by Crippen LogP contribution is 2.19. The number of carbonyl (C=O) groups is 1. The van der Waals surface area contributed by atoms with Crippen LogP contribution in [0.15, 0.2) is 36.9 Å². The van der Waals surface area contributed by atoms with E-state index in [-0.39, 0.29) is 11.9 Å². The SMILES string of the molecule is O=C(Cn1cccc1)N1CCC(n2nccn2)C1. The Kier molecular flexibility index (Phi) is 2.84. The van der Waals surface area contributed by atoms with Gasteiger partial charge in [-0.15, -0.1) is 0 Å². The lowest BCUT2D eigenvalue weighted by atomic mass is 10.3. The van der Waals surface area contributed by atoms with E-state index in [0.29, 0.717) is 13.1 Å². The van der Waals surface area contributed by atoms with Gasteiger partial charge in [-0.05, 0) is 18.6 Å². The Morgan fingerprint density at radius 2 is 1.94 bits per heavy atom. The Hall–Kier alpha value is -2.11. The van der Waals surface area contributed by atoms with Crippen LogP contribution in [0.1, 0.15) is 12.5 Å². The van der Waals surface area contributed by atoms with Gasteiger partial charge in [0.2, 0.25) is 5.91 Å². The van der Waals surface area contributed by atoms with E-state index in [9.17, 15) is 4.79 Å². The van der Waals surface area contributed by atoms with Crippen molar-refractivity contribution in [3.63, 3.8) is 0 Å². The zero-order valence-corrected chi connectivity index (χ0v) is 10.0. The summed E-state index contributed by atoms with van der Waals surface area (Å²) in [7, 11) is 0. The number of likely N-dealkylation sites (tertiary alicyclic amines) is 1. The van der Waals surface area contributed by atoms with Gasteiger partial charge in [0.15, 0.2) is 0 Å². The lowest BCUT2D eigenvalue weighted by Gasteiger charge is -2.16. The summed E-state index contributed by atoms with van der Waals surface area (Å²) >= 11 is 0. The first-order valence-electron chi connectivity index (χ1n) is 6.07. The third-order valence-corrected chi connectivity index (χ3v) is 3.26. The molecular weight excluding hydrogens is 230 g/mol. The maximum Gasteiger partial charge on any atom is 0.242 e. The zero-order chi connectivity index (χ0) is 12.4. The summed E-state index contributed by atoms with van der Waals surface area (Å²) in [6.07, 6.45) is 8.07. The van der Waals surface area contributed by atoms with Crippen molar-refractivity contribution in [2.24, 2.45) is 0 Å². The highest BCUT2D eigenvalue weighted by molar-refractivity contribution is 5.76. The van der Waals surface area contributed by atoms with E-state index >= 15 is 0 Å². The second kappa shape index (κ2) is 4.64. The molecule has 1 unspecified atom stereocenters. The average Bonchev–Trinajstić information content (AvgIpc) is 3.11. The van der Waals surface area contributed by atoms with Crippen molar-refractivity contribution >= 4 is 5.91 Å². The Morgan fingerprint density at radius 3 is 2.67 bits per heavy atom. The Labute approximate surface area is 105 Å². The lowest BCUT2D eigenvalue weighted by molar-refractivity contribution is -0.130. The summed E-state index contributed by atoms with van der Waals surface area (Å²) in [6, 6.07) is 4.06. The summed E-state index contributed by atoms with van der Waals surface area (Å²) < 4.78 is 1.89. The normalized spacial score (nSPS) is 19.3. The molecule has 1 aliphatic rings. The van der Waals surface area contributed by atoms with E-state index in [1.54, 1.807) is 17.2 Å². The molecule has 94 valence electrons. The van der Waals surface area contributed by atoms with E-state index in [2.05, 4.69) is 10.2 Å². The monoisotopic (exact) mass is 245 g/mol. The second-order valence-corrected chi connectivity index (χ2v) is 4.49. The number of rotatable bonds is 3. The fraction of sp³-hybridized carbons (Fsp3) is 0.417. The Bertz CT molecular complexity index is 505. The van der Waals surface area contributed by atoms with Crippen LogP contribution in [-0.2, 0) is 11.3 Å². The van der Waals surface area contributed by atoms with Gasteiger partial charge < -0.3 is 9.47 Å². The smallest absolute Gasteiger partial charge is 0.242 e. The van der Waals surface area contributed by atoms with E-state index in [0.717, 1.165) is 13.0 Å². The molecule has 0 spiro atoms. The number of amides is 1. The van der Waals surface area contributed by atoms with Crippen molar-refractivity contribution in [2.45, 2.75) is 19.0 Å². The maximum atomic E-state index is 12.1. The molecule has 0 aromatic carbocycles. The first-order chi connectivity index (χ1) is 8.83. The van der Waals surface area contributed by atoms with Gasteiger partial charge in [0.05, 0.1) is 18.4 Å². The molecule has 6 heteroatoms. The minimum absolute atomic E-state index is 0.154. The standard InChI is InChI=1S/C12H15N5O/c18-12(10-15-6-1-2-7-15)16-8-3-11(9-16)17-13-4-5-14-17/h1-2,4-7,11H,3,8-10H2. The van der Waals surface area contributed by atoms with E-state index in [1.807, 2.05) is 34.0 Å². The predicted molar refractivity (Wildman–Crippen MR) is 64.7 cm³/mol. The van der Waals surface area contributed by atoms with Crippen molar-refractivity contribution in [2.75, 3.05) is 13.1 Å². The quantitative estimate of drug-likeness (QED) is 0.793. The average molecular weight is 245 g/mol. The summed E-state index contributed by atoms with van der Waals surface area (Å²) in [5.41, 5.74) is 0. The first kappa shape index (κ1) is 11.0. The summed E-state index contributed by atoms with van der Waals surface area (Å²) in [5.74, 6) is 0.154. The molecule has 1 amide bonds. The summed E-state index contributed by atoms with van der Waals surface area (Å²) in [4.78, 5) is 15.7. The van der Waals surface area contributed by atoms with Crippen LogP contribution in [0.3, 0.4) is 0 Å². The van der Waals surface area contributed by atoms with Gasteiger partial charge in [-0.3, -0.25) is 4.79 Å². The third kappa shape index (κ3) is 2.13. The van der Waals surface area contributed by atoms with Crippen LogP contribution >= 0.6 is 0 Å². The van der Waals surface area contributed by atoms with Crippen LogP contribution in [-0.4, -0.2) is 43.5 Å². The van der Waals surface area contributed by atoms with Crippen molar-refractivity contribution < 1.29 is 4.79 Å². The van der Waals surface area contributed by atoms with Gasteiger partial charge in [-0.1, -0.05) is 0 Å². The molecule has 0 aliphatic carbocycles. The zero-order valence-electron chi connectivity index (χ0n) is 10.0. The van der Waals surface area contributed by atoms with Gasteiger partial charge in [-0.2, -0.15) is 15.0 Å². The molecule has 0 saturated carbocycles. The van der Waals surface area contributed by atoms with Gasteiger partial charge in [-0.25, -0.2) is 0 Å². The highest BCUT2D eigenvalue weighted by Gasteiger charge is 2.28. The number of aromatic nitrogens is 4.